The molecule has 6 aromatic rings. The van der Waals surface area contributed by atoms with E-state index in [9.17, 15) is 9.59 Å². The largest absolute Gasteiger partial charge is 0.354 e. The highest BCUT2D eigenvalue weighted by atomic mass is 16.2. The molecule has 1 fully saturated rings. The van der Waals surface area contributed by atoms with Gasteiger partial charge in [-0.05, 0) is 55.1 Å². The topological polar surface area (TPSA) is 136 Å². The summed E-state index contributed by atoms with van der Waals surface area (Å²) >= 11 is 0. The van der Waals surface area contributed by atoms with Gasteiger partial charge in [0.2, 0.25) is 0 Å². The zero-order chi connectivity index (χ0) is 29.3. The van der Waals surface area contributed by atoms with Crippen LogP contribution in [0.4, 0.5) is 17.2 Å². The third-order valence-electron chi connectivity index (χ3n) is 7.62. The SMILES string of the molecule is CN1CCN(c2ccc(NC(=O)c3cnc4[nH]cc(-c5ccn6ncc(C(=O)Nc7cccnc7)c6c5)c4c3)cn2)CC1. The Morgan fingerprint density at radius 2 is 1.72 bits per heavy atom. The molecule has 2 amide bonds. The number of nitrogens with zero attached hydrogens (tertiary/aromatic N) is 7. The maximum Gasteiger partial charge on any atom is 0.259 e. The Balaban J connectivity index is 1.12. The van der Waals surface area contributed by atoms with E-state index in [1.54, 1.807) is 47.6 Å². The molecule has 0 radical (unpaired) electrons. The number of piperazine rings is 1. The van der Waals surface area contributed by atoms with Crippen LogP contribution in [0, 0.1) is 0 Å². The fourth-order valence-electron chi connectivity index (χ4n) is 5.21. The molecular weight excluding hydrogens is 544 g/mol. The van der Waals surface area contributed by atoms with Crippen LogP contribution < -0.4 is 15.5 Å². The smallest absolute Gasteiger partial charge is 0.259 e. The summed E-state index contributed by atoms with van der Waals surface area (Å²) in [4.78, 5) is 47.0. The van der Waals surface area contributed by atoms with Gasteiger partial charge >= 0.3 is 0 Å². The predicted octanol–water partition coefficient (Wildman–Crippen LogP) is 3.92. The van der Waals surface area contributed by atoms with Crippen LogP contribution in [0.5, 0.6) is 0 Å². The van der Waals surface area contributed by atoms with Crippen molar-refractivity contribution >= 4 is 45.6 Å². The summed E-state index contributed by atoms with van der Waals surface area (Å²) in [5.74, 6) is 0.334. The molecule has 0 saturated carbocycles. The Morgan fingerprint density at radius 3 is 2.51 bits per heavy atom. The minimum absolute atomic E-state index is 0.281. The molecule has 0 aliphatic carbocycles. The summed E-state index contributed by atoms with van der Waals surface area (Å²) in [6.45, 7) is 3.84. The molecular formula is C31H28N10O2. The number of rotatable bonds is 6. The zero-order valence-electron chi connectivity index (χ0n) is 23.4. The minimum atomic E-state index is -0.286. The molecule has 1 aliphatic heterocycles. The summed E-state index contributed by atoms with van der Waals surface area (Å²) in [5.41, 5.74) is 5.03. The fraction of sp³-hybridized carbons (Fsp3) is 0.161. The van der Waals surface area contributed by atoms with E-state index < -0.39 is 0 Å². The van der Waals surface area contributed by atoms with Gasteiger partial charge in [-0.2, -0.15) is 5.10 Å². The second kappa shape index (κ2) is 11.0. The summed E-state index contributed by atoms with van der Waals surface area (Å²) in [6.07, 6.45) is 11.6. The number of hydrogen-bond donors (Lipinski definition) is 3. The highest BCUT2D eigenvalue weighted by Crippen LogP contribution is 2.30. The summed E-state index contributed by atoms with van der Waals surface area (Å²) in [7, 11) is 2.12. The van der Waals surface area contributed by atoms with E-state index in [1.807, 2.05) is 36.5 Å². The van der Waals surface area contributed by atoms with E-state index in [0.717, 1.165) is 48.5 Å². The first-order chi connectivity index (χ1) is 21.0. The maximum atomic E-state index is 13.2. The van der Waals surface area contributed by atoms with Gasteiger partial charge in [-0.15, -0.1) is 0 Å². The van der Waals surface area contributed by atoms with E-state index in [-0.39, 0.29) is 11.8 Å². The number of carbonyl (C=O) groups is 2. The average Bonchev–Trinajstić information content (AvgIpc) is 3.66. The van der Waals surface area contributed by atoms with Crippen LogP contribution in [0.25, 0.3) is 27.7 Å². The molecule has 3 N–H and O–H groups in total. The third-order valence-corrected chi connectivity index (χ3v) is 7.62. The lowest BCUT2D eigenvalue weighted by atomic mass is 10.0. The van der Waals surface area contributed by atoms with Gasteiger partial charge in [0.05, 0.1) is 46.6 Å². The van der Waals surface area contributed by atoms with Gasteiger partial charge in [0.1, 0.15) is 11.5 Å². The number of likely N-dealkylation sites (N-methyl/N-ethyl adjacent to an activating group) is 1. The van der Waals surface area contributed by atoms with Crippen molar-refractivity contribution in [3.05, 3.63) is 97.0 Å². The Kier molecular flexibility index (Phi) is 6.72. The molecule has 0 spiro atoms. The monoisotopic (exact) mass is 572 g/mol. The lowest BCUT2D eigenvalue weighted by molar-refractivity contribution is 0.101. The van der Waals surface area contributed by atoms with Crippen molar-refractivity contribution in [1.29, 1.82) is 0 Å². The number of anilines is 3. The number of amides is 2. The first-order valence-corrected chi connectivity index (χ1v) is 13.9. The van der Waals surface area contributed by atoms with Crippen LogP contribution >= 0.6 is 0 Å². The van der Waals surface area contributed by atoms with Crippen LogP contribution in [0.15, 0.2) is 85.8 Å². The molecule has 7 heterocycles. The number of hydrogen-bond acceptors (Lipinski definition) is 8. The average molecular weight is 573 g/mol. The standard InChI is InChI=1S/C31H28N10O2/c1-39-9-11-40(12-10-39)28-5-4-23(17-33-28)37-30(42)21-13-24-25(18-35-29(24)34-15-21)20-6-8-41-27(14-20)26(19-36-41)31(43)38-22-3-2-7-32-16-22/h2-8,13-19H,9-12H2,1H3,(H,34,35)(H,37,42)(H,38,43). The fourth-order valence-corrected chi connectivity index (χ4v) is 5.21. The minimum Gasteiger partial charge on any atom is -0.354 e. The Morgan fingerprint density at radius 1 is 0.884 bits per heavy atom. The van der Waals surface area contributed by atoms with E-state index in [4.69, 9.17) is 0 Å². The molecule has 6 aromatic heterocycles. The lowest BCUT2D eigenvalue weighted by Crippen LogP contribution is -2.44. The first kappa shape index (κ1) is 26.3. The van der Waals surface area contributed by atoms with Gasteiger partial charge in [0.25, 0.3) is 11.8 Å². The number of H-pyrrole nitrogens is 1. The normalized spacial score (nSPS) is 13.8. The molecule has 1 saturated heterocycles. The molecule has 0 unspecified atom stereocenters. The summed E-state index contributed by atoms with van der Waals surface area (Å²) in [5, 5.41) is 10.9. The summed E-state index contributed by atoms with van der Waals surface area (Å²) < 4.78 is 1.65. The highest BCUT2D eigenvalue weighted by Gasteiger charge is 2.18. The van der Waals surface area contributed by atoms with E-state index in [2.05, 4.69) is 52.5 Å². The highest BCUT2D eigenvalue weighted by molar-refractivity contribution is 6.10. The van der Waals surface area contributed by atoms with Gasteiger partial charge < -0.3 is 25.4 Å². The molecule has 12 heteroatoms. The molecule has 43 heavy (non-hydrogen) atoms. The maximum absolute atomic E-state index is 13.2. The van der Waals surface area contributed by atoms with Gasteiger partial charge in [0.15, 0.2) is 0 Å². The van der Waals surface area contributed by atoms with Gasteiger partial charge in [-0.3, -0.25) is 14.6 Å². The van der Waals surface area contributed by atoms with E-state index >= 15 is 0 Å². The van der Waals surface area contributed by atoms with Crippen molar-refractivity contribution < 1.29 is 9.59 Å². The Hall–Kier alpha value is -5.62. The number of pyridine rings is 4. The number of fused-ring (bicyclic) bond motifs is 2. The van der Waals surface area contributed by atoms with Crippen molar-refractivity contribution in [2.24, 2.45) is 0 Å². The van der Waals surface area contributed by atoms with Crippen LogP contribution in [-0.2, 0) is 0 Å². The van der Waals surface area contributed by atoms with E-state index in [1.165, 1.54) is 6.20 Å². The quantitative estimate of drug-likeness (QED) is 0.273. The van der Waals surface area contributed by atoms with Crippen LogP contribution in [0.2, 0.25) is 0 Å². The van der Waals surface area contributed by atoms with Crippen molar-refractivity contribution in [3.63, 3.8) is 0 Å². The van der Waals surface area contributed by atoms with Crippen molar-refractivity contribution in [1.82, 2.24) is 34.4 Å². The van der Waals surface area contributed by atoms with Crippen molar-refractivity contribution in [2.75, 3.05) is 48.8 Å². The first-order valence-electron chi connectivity index (χ1n) is 13.9. The zero-order valence-corrected chi connectivity index (χ0v) is 23.4. The Labute approximate surface area is 246 Å². The van der Waals surface area contributed by atoms with Crippen LogP contribution in [0.3, 0.4) is 0 Å². The number of aromatic nitrogens is 6. The second-order valence-electron chi connectivity index (χ2n) is 10.5. The number of carbonyl (C=O) groups excluding carboxylic acids is 2. The molecule has 214 valence electrons. The van der Waals surface area contributed by atoms with Gasteiger partial charge in [-0.1, -0.05) is 0 Å². The van der Waals surface area contributed by atoms with Crippen molar-refractivity contribution in [3.8, 4) is 11.1 Å². The molecule has 0 aromatic carbocycles. The van der Waals surface area contributed by atoms with E-state index in [0.29, 0.717) is 33.7 Å². The van der Waals surface area contributed by atoms with Gasteiger partial charge in [-0.25, -0.2) is 14.5 Å². The molecule has 1 aliphatic rings. The predicted molar refractivity (Wildman–Crippen MR) is 164 cm³/mol. The number of aromatic amines is 1. The second-order valence-corrected chi connectivity index (χ2v) is 10.5. The Bertz CT molecular complexity index is 1940. The molecule has 0 bridgehead atoms. The lowest BCUT2D eigenvalue weighted by Gasteiger charge is -2.33. The molecule has 7 rings (SSSR count). The molecule has 0 atom stereocenters. The van der Waals surface area contributed by atoms with Crippen molar-refractivity contribution in [2.45, 2.75) is 0 Å². The summed E-state index contributed by atoms with van der Waals surface area (Å²) in [6, 6.07) is 13.0. The molecule has 12 nitrogen and oxygen atoms in total. The van der Waals surface area contributed by atoms with Crippen LogP contribution in [-0.4, -0.2) is 79.5 Å². The van der Waals surface area contributed by atoms with Gasteiger partial charge in [0, 0.05) is 61.9 Å². The number of nitrogens with one attached hydrogen (secondary N) is 3. The third kappa shape index (κ3) is 5.26. The van der Waals surface area contributed by atoms with Crippen LogP contribution in [0.1, 0.15) is 20.7 Å².